The van der Waals surface area contributed by atoms with Gasteiger partial charge in [0.15, 0.2) is 0 Å². The van der Waals surface area contributed by atoms with Crippen molar-refractivity contribution in [1.29, 1.82) is 0 Å². The molecule has 2 aromatic heterocycles. The molecule has 0 radical (unpaired) electrons. The number of pyridine rings is 1. The summed E-state index contributed by atoms with van der Waals surface area (Å²) in [6.45, 7) is 3.62. The van der Waals surface area contributed by atoms with Gasteiger partial charge in [-0.25, -0.2) is 9.78 Å². The minimum Gasteiger partial charge on any atom is -0.450 e. The van der Waals surface area contributed by atoms with Crippen molar-refractivity contribution in [1.82, 2.24) is 20.2 Å². The Morgan fingerprint density at radius 3 is 3.08 bits per heavy atom. The van der Waals surface area contributed by atoms with Crippen molar-refractivity contribution in [2.24, 2.45) is 0 Å². The second kappa shape index (κ2) is 7.83. The Morgan fingerprint density at radius 1 is 1.44 bits per heavy atom. The predicted molar refractivity (Wildman–Crippen MR) is 94.9 cm³/mol. The highest BCUT2D eigenvalue weighted by Gasteiger charge is 2.19. The fraction of sp³-hybridized carbons (Fsp3) is 0.389. The van der Waals surface area contributed by atoms with Crippen LogP contribution in [0.5, 0.6) is 0 Å². The first-order valence-electron chi connectivity index (χ1n) is 8.49. The lowest BCUT2D eigenvalue weighted by Crippen LogP contribution is -2.37. The molecule has 1 aliphatic heterocycles. The second-order valence-corrected chi connectivity index (χ2v) is 5.82. The van der Waals surface area contributed by atoms with Crippen molar-refractivity contribution in [3.05, 3.63) is 36.2 Å². The number of H-pyrrole nitrogens is 1. The highest BCUT2D eigenvalue weighted by Crippen LogP contribution is 2.28. The van der Waals surface area contributed by atoms with E-state index in [9.17, 15) is 9.59 Å². The lowest BCUT2D eigenvalue weighted by Gasteiger charge is -2.26. The van der Waals surface area contributed by atoms with Crippen LogP contribution in [0.1, 0.15) is 25.3 Å². The number of hydrogen-bond acceptors (Lipinski definition) is 4. The molecule has 0 aliphatic carbocycles. The zero-order chi connectivity index (χ0) is 17.6. The van der Waals surface area contributed by atoms with E-state index < -0.39 is 6.09 Å². The molecule has 3 rings (SSSR count). The van der Waals surface area contributed by atoms with Crippen molar-refractivity contribution < 1.29 is 14.3 Å². The van der Waals surface area contributed by atoms with Gasteiger partial charge in [0.1, 0.15) is 5.65 Å². The summed E-state index contributed by atoms with van der Waals surface area (Å²) in [5.41, 5.74) is 3.26. The van der Waals surface area contributed by atoms with Crippen LogP contribution in [0.25, 0.3) is 16.6 Å². The van der Waals surface area contributed by atoms with Crippen LogP contribution >= 0.6 is 0 Å². The van der Waals surface area contributed by atoms with Crippen LogP contribution in [0.4, 0.5) is 4.79 Å². The number of alkyl carbamates (subject to hydrolysis) is 1. The Morgan fingerprint density at radius 2 is 2.32 bits per heavy atom. The van der Waals surface area contributed by atoms with Crippen molar-refractivity contribution in [2.75, 3.05) is 26.2 Å². The smallest absolute Gasteiger partial charge is 0.407 e. The Bertz CT molecular complexity index is 796. The number of rotatable bonds is 5. The van der Waals surface area contributed by atoms with Gasteiger partial charge in [-0.2, -0.15) is 0 Å². The van der Waals surface area contributed by atoms with Crippen LogP contribution in [0.15, 0.2) is 30.6 Å². The number of aromatic nitrogens is 2. The van der Waals surface area contributed by atoms with Crippen LogP contribution < -0.4 is 5.32 Å². The zero-order valence-corrected chi connectivity index (χ0v) is 14.2. The summed E-state index contributed by atoms with van der Waals surface area (Å²) in [6, 6.07) is 3.98. The molecule has 2 amide bonds. The maximum atomic E-state index is 12.2. The third-order valence-electron chi connectivity index (χ3n) is 4.24. The number of hydrogen-bond donors (Lipinski definition) is 2. The normalized spacial score (nSPS) is 14.3. The van der Waals surface area contributed by atoms with Crippen molar-refractivity contribution in [3.63, 3.8) is 0 Å². The fourth-order valence-corrected chi connectivity index (χ4v) is 2.97. The van der Waals surface area contributed by atoms with E-state index in [1.165, 1.54) is 5.57 Å². The second-order valence-electron chi connectivity index (χ2n) is 5.82. The maximum absolute atomic E-state index is 12.2. The molecule has 0 saturated heterocycles. The highest BCUT2D eigenvalue weighted by atomic mass is 16.5. The van der Waals surface area contributed by atoms with E-state index in [1.54, 1.807) is 13.1 Å². The van der Waals surface area contributed by atoms with Crippen LogP contribution in [0, 0.1) is 0 Å². The lowest BCUT2D eigenvalue weighted by molar-refractivity contribution is -0.130. The molecule has 2 aromatic rings. The van der Waals surface area contributed by atoms with Crippen LogP contribution in [0.3, 0.4) is 0 Å². The molecule has 1 aliphatic rings. The number of carbonyl (C=O) groups is 2. The number of carbonyl (C=O) groups excluding carboxylic acids is 2. The largest absolute Gasteiger partial charge is 0.450 e. The zero-order valence-electron chi connectivity index (χ0n) is 14.2. The fourth-order valence-electron chi connectivity index (χ4n) is 2.97. The van der Waals surface area contributed by atoms with E-state index in [0.717, 1.165) is 23.0 Å². The molecule has 0 bridgehead atoms. The SMILES string of the molecule is CCOC(=O)NCCC(=O)N1CC=C(c2c[nH]c3ncccc23)CC1. The monoisotopic (exact) mass is 342 g/mol. The summed E-state index contributed by atoms with van der Waals surface area (Å²) in [4.78, 5) is 32.7. The van der Waals surface area contributed by atoms with Crippen molar-refractivity contribution >= 4 is 28.6 Å². The van der Waals surface area contributed by atoms with Gasteiger partial charge in [-0.05, 0) is 31.1 Å². The van der Waals surface area contributed by atoms with Crippen molar-refractivity contribution in [3.8, 4) is 0 Å². The van der Waals surface area contributed by atoms with Gasteiger partial charge in [-0.1, -0.05) is 6.08 Å². The first-order chi connectivity index (χ1) is 12.2. The third-order valence-corrected chi connectivity index (χ3v) is 4.24. The van der Waals surface area contributed by atoms with E-state index >= 15 is 0 Å². The average Bonchev–Trinajstić information content (AvgIpc) is 3.06. The number of ether oxygens (including phenoxy) is 1. The summed E-state index contributed by atoms with van der Waals surface area (Å²) in [5, 5.41) is 3.67. The first-order valence-corrected chi connectivity index (χ1v) is 8.49. The van der Waals surface area contributed by atoms with Gasteiger partial charge in [0.2, 0.25) is 5.91 Å². The molecule has 0 aromatic carbocycles. The van der Waals surface area contributed by atoms with Gasteiger partial charge >= 0.3 is 6.09 Å². The summed E-state index contributed by atoms with van der Waals surface area (Å²) in [5.74, 6) is 0.0349. The van der Waals surface area contributed by atoms with E-state index in [1.807, 2.05) is 23.2 Å². The van der Waals surface area contributed by atoms with Crippen LogP contribution in [-0.2, 0) is 9.53 Å². The summed E-state index contributed by atoms with van der Waals surface area (Å²) in [7, 11) is 0. The maximum Gasteiger partial charge on any atom is 0.407 e. The van der Waals surface area contributed by atoms with Crippen molar-refractivity contribution in [2.45, 2.75) is 19.8 Å². The summed E-state index contributed by atoms with van der Waals surface area (Å²) >= 11 is 0. The van der Waals surface area contributed by atoms with Gasteiger partial charge < -0.3 is 19.9 Å². The topological polar surface area (TPSA) is 87.3 Å². The van der Waals surface area contributed by atoms with Gasteiger partial charge in [0.05, 0.1) is 6.61 Å². The quantitative estimate of drug-likeness (QED) is 0.873. The molecule has 0 saturated carbocycles. The number of aromatic amines is 1. The van der Waals surface area contributed by atoms with Crippen LogP contribution in [0.2, 0.25) is 0 Å². The molecule has 0 unspecified atom stereocenters. The molecule has 3 heterocycles. The van der Waals surface area contributed by atoms with Gasteiger partial charge in [-0.15, -0.1) is 0 Å². The molecule has 0 spiro atoms. The van der Waals surface area contributed by atoms with E-state index in [0.29, 0.717) is 26.2 Å². The Kier molecular flexibility index (Phi) is 5.33. The molecule has 0 atom stereocenters. The number of amides is 2. The highest BCUT2D eigenvalue weighted by molar-refractivity contribution is 5.91. The average molecular weight is 342 g/mol. The van der Waals surface area contributed by atoms with E-state index in [4.69, 9.17) is 4.74 Å². The number of nitrogens with one attached hydrogen (secondary N) is 2. The Labute approximate surface area is 146 Å². The summed E-state index contributed by atoms with van der Waals surface area (Å²) < 4.78 is 4.77. The van der Waals surface area contributed by atoms with Gasteiger partial charge in [0.25, 0.3) is 0 Å². The molecule has 7 heteroatoms. The van der Waals surface area contributed by atoms with E-state index in [-0.39, 0.29) is 12.3 Å². The minimum absolute atomic E-state index is 0.0349. The van der Waals surface area contributed by atoms with Gasteiger partial charge in [-0.3, -0.25) is 4.79 Å². The molecule has 2 N–H and O–H groups in total. The predicted octanol–water partition coefficient (Wildman–Crippen LogP) is 2.31. The van der Waals surface area contributed by atoms with E-state index in [2.05, 4.69) is 21.4 Å². The Balaban J connectivity index is 1.55. The molecule has 0 fully saturated rings. The third kappa shape index (κ3) is 3.99. The molecule has 7 nitrogen and oxygen atoms in total. The van der Waals surface area contributed by atoms with Crippen LogP contribution in [-0.4, -0.2) is 53.1 Å². The standard InChI is InChI=1S/C18H22N4O3/c1-2-25-18(24)20-9-5-16(23)22-10-6-13(7-11-22)15-12-21-17-14(15)4-3-8-19-17/h3-4,6,8,12H,2,5,7,9-11H2,1H3,(H,19,21)(H,20,24). The molecule has 132 valence electrons. The molecule has 25 heavy (non-hydrogen) atoms. The summed E-state index contributed by atoms with van der Waals surface area (Å²) in [6.07, 6.45) is 6.43. The molecular formula is C18H22N4O3. The Hall–Kier alpha value is -2.83. The lowest BCUT2D eigenvalue weighted by atomic mass is 9.99. The van der Waals surface area contributed by atoms with Gasteiger partial charge in [0, 0.05) is 49.4 Å². The number of fused-ring (bicyclic) bond motifs is 1. The molecular weight excluding hydrogens is 320 g/mol. The first kappa shape index (κ1) is 17.0. The number of nitrogens with zero attached hydrogens (tertiary/aromatic N) is 2. The minimum atomic E-state index is -0.482.